The van der Waals surface area contributed by atoms with Crippen LogP contribution in [0.25, 0.3) is 0 Å². The Bertz CT molecular complexity index is 422. The van der Waals surface area contributed by atoms with Gasteiger partial charge in [0, 0.05) is 11.1 Å². The summed E-state index contributed by atoms with van der Waals surface area (Å²) in [6.07, 6.45) is 0. The van der Waals surface area contributed by atoms with E-state index in [9.17, 15) is 0 Å². The first-order valence-corrected chi connectivity index (χ1v) is 5.44. The summed E-state index contributed by atoms with van der Waals surface area (Å²) in [4.78, 5) is 4.10. The number of nitrogens with one attached hydrogen (secondary N) is 1. The Morgan fingerprint density at radius 2 is 2.00 bits per heavy atom. The molecule has 2 rings (SSSR count). The van der Waals surface area contributed by atoms with Crippen LogP contribution in [0.4, 0.5) is 10.8 Å². The van der Waals surface area contributed by atoms with Gasteiger partial charge in [0.05, 0.1) is 0 Å². The van der Waals surface area contributed by atoms with Crippen LogP contribution in [0, 0.1) is 6.92 Å². The van der Waals surface area contributed by atoms with Crippen LogP contribution in [-0.2, 0) is 0 Å². The van der Waals surface area contributed by atoms with E-state index in [0.717, 1.165) is 10.8 Å². The van der Waals surface area contributed by atoms with E-state index in [-0.39, 0.29) is 0 Å². The van der Waals surface area contributed by atoms with Crippen LogP contribution in [0.15, 0.2) is 29.6 Å². The third-order valence-electron chi connectivity index (χ3n) is 1.78. The maximum atomic E-state index is 5.71. The molecule has 0 amide bonds. The SMILES string of the molecule is Cc1ccc(Nc2nc(Cl)cs2)cc1. The summed E-state index contributed by atoms with van der Waals surface area (Å²) >= 11 is 7.21. The fourth-order valence-corrected chi connectivity index (χ4v) is 1.93. The van der Waals surface area contributed by atoms with E-state index >= 15 is 0 Å². The number of halogens is 1. The monoisotopic (exact) mass is 224 g/mol. The molecule has 2 aromatic rings. The number of benzene rings is 1. The summed E-state index contributed by atoms with van der Waals surface area (Å²) in [7, 11) is 0. The quantitative estimate of drug-likeness (QED) is 0.838. The number of thiazole rings is 1. The minimum atomic E-state index is 0.532. The zero-order valence-corrected chi connectivity index (χ0v) is 9.19. The number of aromatic nitrogens is 1. The normalized spacial score (nSPS) is 10.1. The Morgan fingerprint density at radius 3 is 2.57 bits per heavy atom. The van der Waals surface area contributed by atoms with E-state index in [1.54, 1.807) is 5.38 Å². The molecule has 72 valence electrons. The van der Waals surface area contributed by atoms with Crippen molar-refractivity contribution in [3.05, 3.63) is 40.4 Å². The van der Waals surface area contributed by atoms with Gasteiger partial charge in [0.2, 0.25) is 0 Å². The van der Waals surface area contributed by atoms with Crippen LogP contribution in [0.3, 0.4) is 0 Å². The highest BCUT2D eigenvalue weighted by Gasteiger charge is 1.99. The lowest BCUT2D eigenvalue weighted by Gasteiger charge is -2.01. The largest absolute Gasteiger partial charge is 0.332 e. The van der Waals surface area contributed by atoms with E-state index in [0.29, 0.717) is 5.15 Å². The smallest absolute Gasteiger partial charge is 0.188 e. The van der Waals surface area contributed by atoms with Gasteiger partial charge in [-0.05, 0) is 19.1 Å². The highest BCUT2D eigenvalue weighted by atomic mass is 35.5. The molecule has 0 spiro atoms. The van der Waals surface area contributed by atoms with Gasteiger partial charge in [-0.3, -0.25) is 0 Å². The van der Waals surface area contributed by atoms with Gasteiger partial charge in [0.25, 0.3) is 0 Å². The molecule has 1 N–H and O–H groups in total. The van der Waals surface area contributed by atoms with Gasteiger partial charge >= 0.3 is 0 Å². The zero-order chi connectivity index (χ0) is 9.97. The third kappa shape index (κ3) is 2.25. The fraction of sp³-hybridized carbons (Fsp3) is 0.100. The van der Waals surface area contributed by atoms with Crippen LogP contribution in [0.1, 0.15) is 5.56 Å². The molecule has 1 aromatic carbocycles. The first-order valence-electron chi connectivity index (χ1n) is 4.19. The minimum Gasteiger partial charge on any atom is -0.332 e. The third-order valence-corrected chi connectivity index (χ3v) is 2.86. The molecule has 1 heterocycles. The van der Waals surface area contributed by atoms with E-state index in [2.05, 4.69) is 29.4 Å². The van der Waals surface area contributed by atoms with Crippen molar-refractivity contribution in [1.29, 1.82) is 0 Å². The zero-order valence-electron chi connectivity index (χ0n) is 7.62. The minimum absolute atomic E-state index is 0.532. The maximum absolute atomic E-state index is 5.71. The van der Waals surface area contributed by atoms with Crippen LogP contribution >= 0.6 is 22.9 Å². The average Bonchev–Trinajstić information content (AvgIpc) is 2.56. The molecular weight excluding hydrogens is 216 g/mol. The van der Waals surface area contributed by atoms with Crippen LogP contribution in [0.2, 0.25) is 5.15 Å². The molecule has 0 unspecified atom stereocenters. The summed E-state index contributed by atoms with van der Waals surface area (Å²) in [6.45, 7) is 2.06. The molecule has 1 aromatic heterocycles. The number of hydrogen-bond acceptors (Lipinski definition) is 3. The van der Waals surface area contributed by atoms with Crippen LogP contribution in [-0.4, -0.2) is 4.98 Å². The van der Waals surface area contributed by atoms with Crippen molar-refractivity contribution in [2.75, 3.05) is 5.32 Å². The molecular formula is C10H9ClN2S. The van der Waals surface area contributed by atoms with Gasteiger partial charge < -0.3 is 5.32 Å². The van der Waals surface area contributed by atoms with Crippen LogP contribution < -0.4 is 5.32 Å². The molecule has 0 aliphatic rings. The van der Waals surface area contributed by atoms with Crippen molar-refractivity contribution in [3.63, 3.8) is 0 Å². The molecule has 0 saturated carbocycles. The predicted molar refractivity (Wildman–Crippen MR) is 61.6 cm³/mol. The van der Waals surface area contributed by atoms with E-state index in [1.807, 2.05) is 12.1 Å². The van der Waals surface area contributed by atoms with E-state index < -0.39 is 0 Å². The second-order valence-electron chi connectivity index (χ2n) is 2.97. The Kier molecular flexibility index (Phi) is 2.70. The fourth-order valence-electron chi connectivity index (χ4n) is 1.07. The lowest BCUT2D eigenvalue weighted by atomic mass is 10.2. The summed E-state index contributed by atoms with van der Waals surface area (Å²) in [5.74, 6) is 0. The number of aryl methyl sites for hydroxylation is 1. The van der Waals surface area contributed by atoms with Crippen molar-refractivity contribution in [1.82, 2.24) is 4.98 Å². The molecule has 0 aliphatic heterocycles. The number of anilines is 2. The lowest BCUT2D eigenvalue weighted by molar-refractivity contribution is 1.38. The van der Waals surface area contributed by atoms with Crippen LogP contribution in [0.5, 0.6) is 0 Å². The summed E-state index contributed by atoms with van der Waals surface area (Å²) < 4.78 is 0. The molecule has 4 heteroatoms. The first kappa shape index (κ1) is 9.49. The van der Waals surface area contributed by atoms with Gasteiger partial charge in [-0.15, -0.1) is 11.3 Å². The predicted octanol–water partition coefficient (Wildman–Crippen LogP) is 3.85. The highest BCUT2D eigenvalue weighted by molar-refractivity contribution is 7.14. The maximum Gasteiger partial charge on any atom is 0.188 e. The van der Waals surface area contributed by atoms with Crippen molar-refractivity contribution < 1.29 is 0 Å². The van der Waals surface area contributed by atoms with Gasteiger partial charge in [-0.1, -0.05) is 29.3 Å². The Morgan fingerprint density at radius 1 is 1.29 bits per heavy atom. The Labute approximate surface area is 91.6 Å². The summed E-state index contributed by atoms with van der Waals surface area (Å²) in [6, 6.07) is 8.14. The molecule has 0 radical (unpaired) electrons. The Hall–Kier alpha value is -1.06. The Balaban J connectivity index is 2.15. The van der Waals surface area contributed by atoms with Gasteiger partial charge in [-0.25, -0.2) is 4.98 Å². The van der Waals surface area contributed by atoms with Gasteiger partial charge in [0.15, 0.2) is 5.13 Å². The van der Waals surface area contributed by atoms with E-state index in [1.165, 1.54) is 16.9 Å². The van der Waals surface area contributed by atoms with Crippen molar-refractivity contribution in [2.45, 2.75) is 6.92 Å². The molecule has 2 nitrogen and oxygen atoms in total. The molecule has 0 aliphatic carbocycles. The second kappa shape index (κ2) is 3.98. The topological polar surface area (TPSA) is 24.9 Å². The molecule has 0 saturated heterocycles. The average molecular weight is 225 g/mol. The van der Waals surface area contributed by atoms with Crippen molar-refractivity contribution in [2.24, 2.45) is 0 Å². The van der Waals surface area contributed by atoms with Crippen molar-refractivity contribution >= 4 is 33.8 Å². The second-order valence-corrected chi connectivity index (χ2v) is 4.21. The summed E-state index contributed by atoms with van der Waals surface area (Å²) in [5.41, 5.74) is 2.27. The molecule has 0 atom stereocenters. The summed E-state index contributed by atoms with van der Waals surface area (Å²) in [5, 5.41) is 6.33. The molecule has 0 bridgehead atoms. The molecule has 14 heavy (non-hydrogen) atoms. The first-order chi connectivity index (χ1) is 6.74. The van der Waals surface area contributed by atoms with Gasteiger partial charge in [-0.2, -0.15) is 0 Å². The number of hydrogen-bond donors (Lipinski definition) is 1. The molecule has 0 fully saturated rings. The number of rotatable bonds is 2. The lowest BCUT2D eigenvalue weighted by Crippen LogP contribution is -1.88. The van der Waals surface area contributed by atoms with Crippen molar-refractivity contribution in [3.8, 4) is 0 Å². The highest BCUT2D eigenvalue weighted by Crippen LogP contribution is 2.23. The van der Waals surface area contributed by atoms with E-state index in [4.69, 9.17) is 11.6 Å². The van der Waals surface area contributed by atoms with Gasteiger partial charge in [0.1, 0.15) is 5.15 Å². The number of nitrogens with zero attached hydrogens (tertiary/aromatic N) is 1. The standard InChI is InChI=1S/C10H9ClN2S/c1-7-2-4-8(5-3-7)12-10-13-9(11)6-14-10/h2-6H,1H3,(H,12,13).